The molecule has 4 rings (SSSR count). The fourth-order valence-corrected chi connectivity index (χ4v) is 3.62. The molecule has 1 aromatic heterocycles. The smallest absolute Gasteiger partial charge is 0.379 e. The van der Waals surface area contributed by atoms with Gasteiger partial charge in [0.2, 0.25) is 6.41 Å². The Kier molecular flexibility index (Phi) is 11.9. The molecule has 2 unspecified atom stereocenters. The van der Waals surface area contributed by atoms with Gasteiger partial charge in [-0.3, -0.25) is 4.79 Å². The summed E-state index contributed by atoms with van der Waals surface area (Å²) < 4.78 is 54.5. The van der Waals surface area contributed by atoms with Crippen LogP contribution in [-0.2, 0) is 4.79 Å². The summed E-state index contributed by atoms with van der Waals surface area (Å²) in [6, 6.07) is 6.17. The highest BCUT2D eigenvalue weighted by atomic mass is 19.4. The summed E-state index contributed by atoms with van der Waals surface area (Å²) in [5.74, 6) is 0. The average molecular weight is 509 g/mol. The Balaban J connectivity index is 0.000000676. The van der Waals surface area contributed by atoms with Crippen LogP contribution in [0.4, 0.5) is 23.2 Å². The summed E-state index contributed by atoms with van der Waals surface area (Å²) in [5, 5.41) is 9.17. The van der Waals surface area contributed by atoms with E-state index in [2.05, 4.69) is 27.5 Å². The largest absolute Gasteiger partial charge is 0.417 e. The first-order chi connectivity index (χ1) is 17.2. The lowest BCUT2D eigenvalue weighted by Crippen LogP contribution is -2.33. The minimum Gasteiger partial charge on any atom is -0.379 e. The zero-order valence-electron chi connectivity index (χ0n) is 20.9. The van der Waals surface area contributed by atoms with Crippen molar-refractivity contribution in [2.45, 2.75) is 63.3 Å². The molecular weight excluding hydrogens is 472 g/mol. The minimum atomic E-state index is -4.64. The van der Waals surface area contributed by atoms with E-state index >= 15 is 0 Å². The first-order valence-electron chi connectivity index (χ1n) is 12.3. The standard InChI is InChI=1S/C22H23F4N3O.C3H6.C2H7N/c1-14(22(24,25)26)21-16-7-4-10-19(29-20-9-3-2-8-18(20)23)17(16)12-15(28-21)6-5-11-27-13-30;1-2-3-1;1-3-2/h4-7,10,12-13,18,20,29H,1-3,8-9,11H2,(H,27,30);1-3H2;3H,1-2H3/b6-5+;;. The molecule has 2 aliphatic rings. The first-order valence-corrected chi connectivity index (χ1v) is 12.3. The number of fused-ring (bicyclic) bond motifs is 1. The van der Waals surface area contributed by atoms with Crippen LogP contribution in [0.25, 0.3) is 22.4 Å². The number of alkyl halides is 4. The summed E-state index contributed by atoms with van der Waals surface area (Å²) >= 11 is 0. The van der Waals surface area contributed by atoms with Crippen LogP contribution < -0.4 is 16.0 Å². The number of rotatable bonds is 7. The average Bonchev–Trinajstić information content (AvgIpc) is 3.72. The van der Waals surface area contributed by atoms with Crippen LogP contribution in [0.5, 0.6) is 0 Å². The molecule has 1 amide bonds. The molecule has 2 aromatic rings. The monoisotopic (exact) mass is 508 g/mol. The maximum Gasteiger partial charge on any atom is 0.417 e. The van der Waals surface area contributed by atoms with Crippen molar-refractivity contribution in [1.29, 1.82) is 0 Å². The summed E-state index contributed by atoms with van der Waals surface area (Å²) in [4.78, 5) is 14.5. The molecule has 198 valence electrons. The summed E-state index contributed by atoms with van der Waals surface area (Å²) in [6.07, 6.45) is 5.35. The number of carbonyl (C=O) groups is 1. The molecule has 2 aliphatic carbocycles. The number of carbonyl (C=O) groups excluding carboxylic acids is 1. The van der Waals surface area contributed by atoms with Crippen molar-refractivity contribution in [2.75, 3.05) is 26.0 Å². The Morgan fingerprint density at radius 3 is 2.36 bits per heavy atom. The van der Waals surface area contributed by atoms with Gasteiger partial charge in [0.1, 0.15) is 6.17 Å². The van der Waals surface area contributed by atoms with Gasteiger partial charge in [0, 0.05) is 23.0 Å². The second kappa shape index (κ2) is 14.6. The van der Waals surface area contributed by atoms with Crippen LogP contribution in [0.2, 0.25) is 0 Å². The van der Waals surface area contributed by atoms with Crippen LogP contribution in [0, 0.1) is 0 Å². The number of amides is 1. The molecule has 3 N–H and O–H groups in total. The number of benzene rings is 1. The van der Waals surface area contributed by atoms with Crippen molar-refractivity contribution in [3.8, 4) is 0 Å². The van der Waals surface area contributed by atoms with Crippen molar-refractivity contribution in [1.82, 2.24) is 15.6 Å². The fourth-order valence-electron chi connectivity index (χ4n) is 3.62. The number of nitrogens with one attached hydrogen (secondary N) is 3. The third kappa shape index (κ3) is 9.26. The van der Waals surface area contributed by atoms with Gasteiger partial charge in [0.05, 0.1) is 23.0 Å². The van der Waals surface area contributed by atoms with Crippen molar-refractivity contribution in [2.24, 2.45) is 0 Å². The van der Waals surface area contributed by atoms with Gasteiger partial charge in [0.15, 0.2) is 0 Å². The summed E-state index contributed by atoms with van der Waals surface area (Å²) in [5.41, 5.74) is -0.481. The summed E-state index contributed by atoms with van der Waals surface area (Å²) in [7, 11) is 3.75. The van der Waals surface area contributed by atoms with Crippen molar-refractivity contribution >= 4 is 34.5 Å². The Labute approximate surface area is 210 Å². The Morgan fingerprint density at radius 2 is 1.78 bits per heavy atom. The predicted molar refractivity (Wildman–Crippen MR) is 140 cm³/mol. The van der Waals surface area contributed by atoms with Crippen molar-refractivity contribution in [3.05, 3.63) is 48.3 Å². The van der Waals surface area contributed by atoms with Gasteiger partial charge < -0.3 is 16.0 Å². The number of anilines is 1. The van der Waals surface area contributed by atoms with E-state index in [1.807, 2.05) is 14.1 Å². The normalized spacial score (nSPS) is 18.9. The van der Waals surface area contributed by atoms with E-state index in [0.29, 0.717) is 30.3 Å². The minimum absolute atomic E-state index is 0.213. The molecular formula is C27H36F4N4O. The maximum absolute atomic E-state index is 14.3. The molecule has 0 aliphatic heterocycles. The highest BCUT2D eigenvalue weighted by Gasteiger charge is 2.35. The van der Waals surface area contributed by atoms with Crippen LogP contribution in [0.3, 0.4) is 0 Å². The second-order valence-electron chi connectivity index (χ2n) is 8.81. The summed E-state index contributed by atoms with van der Waals surface area (Å²) in [6.45, 7) is 3.42. The van der Waals surface area contributed by atoms with Gasteiger partial charge in [-0.25, -0.2) is 9.37 Å². The zero-order chi connectivity index (χ0) is 26.6. The number of nitrogens with zero attached hydrogens (tertiary/aromatic N) is 1. The third-order valence-electron chi connectivity index (χ3n) is 5.51. The molecule has 36 heavy (non-hydrogen) atoms. The van der Waals surface area contributed by atoms with E-state index in [1.54, 1.807) is 30.3 Å². The Hall–Kier alpha value is -2.94. The van der Waals surface area contributed by atoms with E-state index in [0.717, 1.165) is 12.8 Å². The van der Waals surface area contributed by atoms with Crippen LogP contribution in [-0.4, -0.2) is 50.4 Å². The van der Waals surface area contributed by atoms with Gasteiger partial charge >= 0.3 is 6.18 Å². The molecule has 2 atom stereocenters. The van der Waals surface area contributed by atoms with E-state index in [4.69, 9.17) is 0 Å². The Morgan fingerprint density at radius 1 is 1.11 bits per heavy atom. The second-order valence-corrected chi connectivity index (χ2v) is 8.81. The highest BCUT2D eigenvalue weighted by Crippen LogP contribution is 2.37. The number of pyridine rings is 1. The van der Waals surface area contributed by atoms with E-state index < -0.39 is 17.9 Å². The van der Waals surface area contributed by atoms with E-state index in [-0.39, 0.29) is 29.4 Å². The van der Waals surface area contributed by atoms with Crippen LogP contribution in [0.15, 0.2) is 36.9 Å². The van der Waals surface area contributed by atoms with E-state index in [9.17, 15) is 22.4 Å². The number of hydrogen-bond acceptors (Lipinski definition) is 4. The third-order valence-corrected chi connectivity index (χ3v) is 5.51. The van der Waals surface area contributed by atoms with Gasteiger partial charge in [-0.1, -0.05) is 56.9 Å². The molecule has 0 bridgehead atoms. The molecule has 9 heteroatoms. The SMILES string of the molecule is C1CC1.C=C(c1nc(/C=C/CNC=O)cc2c(NC3CCCCC3F)cccc12)C(F)(F)F.CNC. The van der Waals surface area contributed by atoms with Gasteiger partial charge in [-0.2, -0.15) is 13.2 Å². The van der Waals surface area contributed by atoms with Crippen LogP contribution in [0.1, 0.15) is 56.3 Å². The predicted octanol–water partition coefficient (Wildman–Crippen LogP) is 6.27. The zero-order valence-corrected chi connectivity index (χ0v) is 20.9. The number of halogens is 4. The lowest BCUT2D eigenvalue weighted by molar-refractivity contribution is -0.109. The highest BCUT2D eigenvalue weighted by molar-refractivity contribution is 6.00. The first kappa shape index (κ1) is 29.3. The number of hydrogen-bond donors (Lipinski definition) is 3. The van der Waals surface area contributed by atoms with Crippen molar-refractivity contribution in [3.63, 3.8) is 0 Å². The molecule has 0 spiro atoms. The quantitative estimate of drug-likeness (QED) is 0.234. The van der Waals surface area contributed by atoms with Crippen LogP contribution >= 0.6 is 0 Å². The van der Waals surface area contributed by atoms with Gasteiger partial charge in [0.25, 0.3) is 0 Å². The maximum atomic E-state index is 14.3. The fraction of sp³-hybridized carbons (Fsp3) is 0.481. The molecule has 0 saturated heterocycles. The molecule has 0 radical (unpaired) electrons. The lowest BCUT2D eigenvalue weighted by atomic mass is 9.93. The molecule has 5 nitrogen and oxygen atoms in total. The Bertz CT molecular complexity index is 1020. The molecule has 1 aromatic carbocycles. The number of aromatic nitrogens is 1. The van der Waals surface area contributed by atoms with E-state index in [1.165, 1.54) is 25.3 Å². The topological polar surface area (TPSA) is 66.0 Å². The van der Waals surface area contributed by atoms with Gasteiger partial charge in [-0.05, 0) is 45.1 Å². The molecule has 2 saturated carbocycles. The van der Waals surface area contributed by atoms with Gasteiger partial charge in [-0.15, -0.1) is 0 Å². The lowest BCUT2D eigenvalue weighted by Gasteiger charge is -2.28. The molecule has 2 fully saturated rings. The van der Waals surface area contributed by atoms with Crippen molar-refractivity contribution < 1.29 is 22.4 Å². The number of allylic oxidation sites excluding steroid dienone is 1. The molecule has 1 heterocycles.